The second kappa shape index (κ2) is 8.01. The van der Waals surface area contributed by atoms with Crippen LogP contribution in [0.2, 0.25) is 0 Å². The third kappa shape index (κ3) is 5.13. The van der Waals surface area contributed by atoms with E-state index in [-0.39, 0.29) is 24.1 Å². The molecular weight excluding hydrogens is 331 g/mol. The number of thiazole rings is 1. The molecule has 1 amide bonds. The molecule has 0 fully saturated rings. The van der Waals surface area contributed by atoms with Crippen LogP contribution < -0.4 is 5.32 Å². The highest BCUT2D eigenvalue weighted by Crippen LogP contribution is 2.22. The molecule has 2 aromatic rings. The number of rotatable bonds is 7. The molecule has 5 nitrogen and oxygen atoms in total. The number of carboxylic acid groups (broad SMARTS) is 1. The van der Waals surface area contributed by atoms with Crippen molar-refractivity contribution in [3.63, 3.8) is 0 Å². The molecule has 0 spiro atoms. The van der Waals surface area contributed by atoms with Crippen molar-refractivity contribution in [3.05, 3.63) is 40.5 Å². The Kier molecular flexibility index (Phi) is 6.03. The SMILES string of the molecule is CC(C)C[C@@H](NC(=O)Cc1nc(-c2ccc(F)cc2)cs1)C(=O)O. The van der Waals surface area contributed by atoms with Gasteiger partial charge < -0.3 is 10.4 Å². The second-order valence-electron chi connectivity index (χ2n) is 5.90. The molecule has 0 aliphatic heterocycles. The van der Waals surface area contributed by atoms with Crippen LogP contribution in [-0.2, 0) is 16.0 Å². The molecule has 1 aromatic carbocycles. The topological polar surface area (TPSA) is 79.3 Å². The Bertz CT molecular complexity index is 713. The molecule has 7 heteroatoms. The van der Waals surface area contributed by atoms with Crippen molar-refractivity contribution in [3.8, 4) is 11.3 Å². The summed E-state index contributed by atoms with van der Waals surface area (Å²) in [6.07, 6.45) is 0.396. The van der Waals surface area contributed by atoms with Crippen LogP contribution in [-0.4, -0.2) is 28.0 Å². The van der Waals surface area contributed by atoms with Gasteiger partial charge in [-0.3, -0.25) is 4.79 Å². The second-order valence-corrected chi connectivity index (χ2v) is 6.84. The first-order chi connectivity index (χ1) is 11.3. The van der Waals surface area contributed by atoms with Crippen LogP contribution in [0.5, 0.6) is 0 Å². The third-order valence-corrected chi connectivity index (χ3v) is 4.19. The van der Waals surface area contributed by atoms with Gasteiger partial charge in [0.25, 0.3) is 0 Å². The van der Waals surface area contributed by atoms with E-state index in [2.05, 4.69) is 10.3 Å². The van der Waals surface area contributed by atoms with E-state index in [1.807, 2.05) is 13.8 Å². The Hall–Kier alpha value is -2.28. The molecule has 0 bridgehead atoms. The zero-order valence-corrected chi connectivity index (χ0v) is 14.3. The van der Waals surface area contributed by atoms with Gasteiger partial charge in [-0.1, -0.05) is 13.8 Å². The molecule has 0 aliphatic rings. The van der Waals surface area contributed by atoms with Gasteiger partial charge in [0.15, 0.2) is 0 Å². The van der Waals surface area contributed by atoms with Crippen LogP contribution in [0.15, 0.2) is 29.6 Å². The Morgan fingerprint density at radius 1 is 1.29 bits per heavy atom. The van der Waals surface area contributed by atoms with Gasteiger partial charge in [-0.2, -0.15) is 0 Å². The number of hydrogen-bond donors (Lipinski definition) is 2. The summed E-state index contributed by atoms with van der Waals surface area (Å²) in [7, 11) is 0. The minimum Gasteiger partial charge on any atom is -0.480 e. The Morgan fingerprint density at radius 2 is 1.96 bits per heavy atom. The third-order valence-electron chi connectivity index (χ3n) is 3.34. The number of carbonyl (C=O) groups excluding carboxylic acids is 1. The number of benzene rings is 1. The number of nitrogens with zero attached hydrogens (tertiary/aromatic N) is 1. The lowest BCUT2D eigenvalue weighted by Crippen LogP contribution is -2.42. The molecule has 0 unspecified atom stereocenters. The fraction of sp³-hybridized carbons (Fsp3) is 0.353. The smallest absolute Gasteiger partial charge is 0.326 e. The first kappa shape index (κ1) is 18.1. The predicted molar refractivity (Wildman–Crippen MR) is 90.2 cm³/mol. The van der Waals surface area contributed by atoms with Gasteiger partial charge in [-0.15, -0.1) is 11.3 Å². The quantitative estimate of drug-likeness (QED) is 0.804. The van der Waals surface area contributed by atoms with Gasteiger partial charge in [0, 0.05) is 10.9 Å². The fourth-order valence-electron chi connectivity index (χ4n) is 2.22. The molecule has 0 saturated carbocycles. The van der Waals surface area contributed by atoms with E-state index in [0.29, 0.717) is 17.1 Å². The lowest BCUT2D eigenvalue weighted by molar-refractivity contribution is -0.142. The van der Waals surface area contributed by atoms with Crippen molar-refractivity contribution in [2.24, 2.45) is 5.92 Å². The molecule has 0 radical (unpaired) electrons. The molecule has 0 saturated heterocycles. The van der Waals surface area contributed by atoms with Crippen molar-refractivity contribution in [2.45, 2.75) is 32.7 Å². The number of hydrogen-bond acceptors (Lipinski definition) is 4. The average Bonchev–Trinajstić information content (AvgIpc) is 2.95. The summed E-state index contributed by atoms with van der Waals surface area (Å²) in [5, 5.41) is 14.1. The lowest BCUT2D eigenvalue weighted by Gasteiger charge is -2.15. The van der Waals surface area contributed by atoms with Crippen LogP contribution in [0, 0.1) is 11.7 Å². The number of carboxylic acids is 1. The number of aromatic nitrogens is 1. The van der Waals surface area contributed by atoms with Crippen molar-refractivity contribution < 1.29 is 19.1 Å². The normalized spacial score (nSPS) is 12.2. The summed E-state index contributed by atoms with van der Waals surface area (Å²) < 4.78 is 12.9. The maximum absolute atomic E-state index is 12.9. The molecule has 128 valence electrons. The fourth-order valence-corrected chi connectivity index (χ4v) is 3.02. The number of halogens is 1. The molecule has 0 aliphatic carbocycles. The standard InChI is InChI=1S/C17H19FN2O3S/c1-10(2)7-13(17(22)23)19-15(21)8-16-20-14(9-24-16)11-3-5-12(18)6-4-11/h3-6,9-10,13H,7-8H2,1-2H3,(H,19,21)(H,22,23)/t13-/m1/s1. The summed E-state index contributed by atoms with van der Waals surface area (Å²) in [4.78, 5) is 27.6. The minimum absolute atomic E-state index is 0.0216. The predicted octanol–water partition coefficient (Wildman–Crippen LogP) is 3.11. The number of carbonyl (C=O) groups is 2. The first-order valence-corrected chi connectivity index (χ1v) is 8.45. The van der Waals surface area contributed by atoms with E-state index in [4.69, 9.17) is 5.11 Å². The summed E-state index contributed by atoms with van der Waals surface area (Å²) >= 11 is 1.31. The Labute approximate surface area is 143 Å². The molecule has 2 rings (SSSR count). The van der Waals surface area contributed by atoms with E-state index >= 15 is 0 Å². The lowest BCUT2D eigenvalue weighted by atomic mass is 10.0. The van der Waals surface area contributed by atoms with Gasteiger partial charge in [0.1, 0.15) is 16.9 Å². The average molecular weight is 350 g/mol. The summed E-state index contributed by atoms with van der Waals surface area (Å²) in [6.45, 7) is 3.80. The van der Waals surface area contributed by atoms with Crippen LogP contribution in [0.25, 0.3) is 11.3 Å². The summed E-state index contributed by atoms with van der Waals surface area (Å²) in [5.74, 6) is -1.57. The highest BCUT2D eigenvalue weighted by molar-refractivity contribution is 7.10. The zero-order chi connectivity index (χ0) is 17.7. The highest BCUT2D eigenvalue weighted by Gasteiger charge is 2.21. The van der Waals surface area contributed by atoms with Crippen molar-refractivity contribution in [2.75, 3.05) is 0 Å². The van der Waals surface area contributed by atoms with Gasteiger partial charge >= 0.3 is 5.97 Å². The number of aliphatic carboxylic acids is 1. The molecule has 1 heterocycles. The Balaban J connectivity index is 1.99. The van der Waals surface area contributed by atoms with Gasteiger partial charge in [0.2, 0.25) is 5.91 Å². The van der Waals surface area contributed by atoms with E-state index in [1.165, 1.54) is 23.5 Å². The molecular formula is C17H19FN2O3S. The summed E-state index contributed by atoms with van der Waals surface area (Å²) in [6, 6.07) is 5.05. The van der Waals surface area contributed by atoms with E-state index in [9.17, 15) is 14.0 Å². The van der Waals surface area contributed by atoms with Crippen molar-refractivity contribution >= 4 is 23.2 Å². The highest BCUT2D eigenvalue weighted by atomic mass is 32.1. The molecule has 1 aromatic heterocycles. The zero-order valence-electron chi connectivity index (χ0n) is 13.5. The Morgan fingerprint density at radius 3 is 2.54 bits per heavy atom. The minimum atomic E-state index is -1.04. The number of nitrogens with one attached hydrogen (secondary N) is 1. The van der Waals surface area contributed by atoms with Crippen LogP contribution in [0.3, 0.4) is 0 Å². The first-order valence-electron chi connectivity index (χ1n) is 7.57. The molecule has 24 heavy (non-hydrogen) atoms. The monoisotopic (exact) mass is 350 g/mol. The molecule has 1 atom stereocenters. The van der Waals surface area contributed by atoms with E-state index < -0.39 is 12.0 Å². The van der Waals surface area contributed by atoms with E-state index in [1.54, 1.807) is 17.5 Å². The summed E-state index contributed by atoms with van der Waals surface area (Å²) in [5.41, 5.74) is 1.43. The number of amides is 1. The van der Waals surface area contributed by atoms with Crippen LogP contribution in [0.4, 0.5) is 4.39 Å². The van der Waals surface area contributed by atoms with E-state index in [0.717, 1.165) is 5.56 Å². The maximum Gasteiger partial charge on any atom is 0.326 e. The largest absolute Gasteiger partial charge is 0.480 e. The van der Waals surface area contributed by atoms with Crippen molar-refractivity contribution in [1.82, 2.24) is 10.3 Å². The van der Waals surface area contributed by atoms with Gasteiger partial charge in [-0.25, -0.2) is 14.2 Å². The van der Waals surface area contributed by atoms with Crippen LogP contribution >= 0.6 is 11.3 Å². The van der Waals surface area contributed by atoms with Crippen LogP contribution in [0.1, 0.15) is 25.3 Å². The van der Waals surface area contributed by atoms with Crippen molar-refractivity contribution in [1.29, 1.82) is 0 Å². The molecule has 2 N–H and O–H groups in total. The van der Waals surface area contributed by atoms with Gasteiger partial charge in [0.05, 0.1) is 12.1 Å². The van der Waals surface area contributed by atoms with Gasteiger partial charge in [-0.05, 0) is 36.6 Å². The maximum atomic E-state index is 12.9.